The van der Waals surface area contributed by atoms with E-state index < -0.39 is 6.10 Å². The van der Waals surface area contributed by atoms with Gasteiger partial charge >= 0.3 is 0 Å². The number of aryl methyl sites for hydroxylation is 1. The second-order valence-electron chi connectivity index (χ2n) is 4.82. The zero-order chi connectivity index (χ0) is 14.5. The third-order valence-electron chi connectivity index (χ3n) is 3.25. The number of hydrogen-bond acceptors (Lipinski definition) is 2. The minimum Gasteiger partial charge on any atom is -0.489 e. The van der Waals surface area contributed by atoms with E-state index in [0.717, 1.165) is 12.0 Å². The minimum atomic E-state index is -0.761. The van der Waals surface area contributed by atoms with Crippen molar-refractivity contribution in [3.63, 3.8) is 0 Å². The lowest BCUT2D eigenvalue weighted by Gasteiger charge is -2.13. The molecule has 0 aromatic heterocycles. The summed E-state index contributed by atoms with van der Waals surface area (Å²) in [5.74, 6) is 0.140. The van der Waals surface area contributed by atoms with Crippen molar-refractivity contribution in [3.05, 3.63) is 65.0 Å². The molecular weight excluding hydrogens is 255 g/mol. The van der Waals surface area contributed by atoms with E-state index in [0.29, 0.717) is 17.9 Å². The van der Waals surface area contributed by atoms with E-state index in [-0.39, 0.29) is 5.82 Å². The highest BCUT2D eigenvalue weighted by molar-refractivity contribution is 5.35. The van der Waals surface area contributed by atoms with Gasteiger partial charge in [-0.25, -0.2) is 4.39 Å². The molecule has 0 saturated heterocycles. The van der Waals surface area contributed by atoms with E-state index in [1.165, 1.54) is 17.7 Å². The van der Waals surface area contributed by atoms with Gasteiger partial charge in [0.15, 0.2) is 0 Å². The number of aliphatic hydroxyl groups is 1. The van der Waals surface area contributed by atoms with Crippen LogP contribution in [0.25, 0.3) is 0 Å². The Bertz CT molecular complexity index is 562. The van der Waals surface area contributed by atoms with Crippen molar-refractivity contribution in [2.45, 2.75) is 33.0 Å². The van der Waals surface area contributed by atoms with Crippen molar-refractivity contribution in [1.82, 2.24) is 0 Å². The Morgan fingerprint density at radius 3 is 2.35 bits per heavy atom. The van der Waals surface area contributed by atoms with Crippen molar-refractivity contribution in [1.29, 1.82) is 0 Å². The molecule has 20 heavy (non-hydrogen) atoms. The smallest absolute Gasteiger partial charge is 0.125 e. The Kier molecular flexibility index (Phi) is 4.74. The van der Waals surface area contributed by atoms with Gasteiger partial charge in [0.2, 0.25) is 0 Å². The van der Waals surface area contributed by atoms with Crippen molar-refractivity contribution >= 4 is 0 Å². The van der Waals surface area contributed by atoms with Crippen molar-refractivity contribution < 1.29 is 14.2 Å². The molecule has 106 valence electrons. The van der Waals surface area contributed by atoms with Crippen LogP contribution in [0.5, 0.6) is 5.75 Å². The summed E-state index contributed by atoms with van der Waals surface area (Å²) in [4.78, 5) is 0. The average molecular weight is 274 g/mol. The number of hydrogen-bond donors (Lipinski definition) is 1. The molecule has 2 aromatic carbocycles. The van der Waals surface area contributed by atoms with Crippen LogP contribution in [0.15, 0.2) is 42.5 Å². The van der Waals surface area contributed by atoms with Gasteiger partial charge in [-0.3, -0.25) is 0 Å². The summed E-state index contributed by atoms with van der Waals surface area (Å²) in [6.45, 7) is 4.10. The number of aliphatic hydroxyl groups excluding tert-OH is 1. The molecular formula is C17H19FO2. The molecule has 2 aromatic rings. The SMILES string of the molecule is CCc1ccc(COc2ccc(F)cc2[C@@H](C)O)cc1. The Hall–Kier alpha value is -1.87. The van der Waals surface area contributed by atoms with Crippen molar-refractivity contribution in [3.8, 4) is 5.75 Å². The van der Waals surface area contributed by atoms with Gasteiger partial charge in [0.25, 0.3) is 0 Å². The fourth-order valence-corrected chi connectivity index (χ4v) is 2.01. The largest absolute Gasteiger partial charge is 0.489 e. The lowest BCUT2D eigenvalue weighted by atomic mass is 10.1. The Morgan fingerprint density at radius 1 is 1.10 bits per heavy atom. The number of halogens is 1. The van der Waals surface area contributed by atoms with Gasteiger partial charge < -0.3 is 9.84 Å². The minimum absolute atomic E-state index is 0.374. The van der Waals surface area contributed by atoms with Crippen LogP contribution < -0.4 is 4.74 Å². The molecule has 0 aliphatic rings. The van der Waals surface area contributed by atoms with Gasteiger partial charge in [0, 0.05) is 5.56 Å². The molecule has 2 rings (SSSR count). The third kappa shape index (κ3) is 3.58. The molecule has 1 atom stereocenters. The van der Waals surface area contributed by atoms with Crippen LogP contribution in [-0.2, 0) is 13.0 Å². The summed E-state index contributed by atoms with van der Waals surface area (Å²) in [6.07, 6.45) is 0.244. The molecule has 0 heterocycles. The topological polar surface area (TPSA) is 29.5 Å². The summed E-state index contributed by atoms with van der Waals surface area (Å²) in [5.41, 5.74) is 2.79. The first kappa shape index (κ1) is 14.5. The number of rotatable bonds is 5. The summed E-state index contributed by atoms with van der Waals surface area (Å²) < 4.78 is 18.9. The molecule has 0 aliphatic heterocycles. The van der Waals surface area contributed by atoms with E-state index in [1.807, 2.05) is 12.1 Å². The number of benzene rings is 2. The molecule has 0 saturated carbocycles. The van der Waals surface area contributed by atoms with Gasteiger partial charge in [0.1, 0.15) is 18.2 Å². The summed E-state index contributed by atoms with van der Waals surface area (Å²) in [6, 6.07) is 12.4. The average Bonchev–Trinajstić information content (AvgIpc) is 2.46. The first-order valence-corrected chi connectivity index (χ1v) is 6.78. The van der Waals surface area contributed by atoms with Gasteiger partial charge in [0.05, 0.1) is 6.10 Å². The second-order valence-corrected chi connectivity index (χ2v) is 4.82. The van der Waals surface area contributed by atoms with Crippen LogP contribution in [0.1, 0.15) is 36.6 Å². The van der Waals surface area contributed by atoms with E-state index in [9.17, 15) is 9.50 Å². The summed E-state index contributed by atoms with van der Waals surface area (Å²) in [5, 5.41) is 9.65. The first-order chi connectivity index (χ1) is 9.60. The van der Waals surface area contributed by atoms with E-state index in [1.54, 1.807) is 13.0 Å². The summed E-state index contributed by atoms with van der Waals surface area (Å²) >= 11 is 0. The number of ether oxygens (including phenoxy) is 1. The maximum Gasteiger partial charge on any atom is 0.125 e. The second kappa shape index (κ2) is 6.53. The molecule has 0 radical (unpaired) electrons. The van der Waals surface area contributed by atoms with Crippen molar-refractivity contribution in [2.75, 3.05) is 0 Å². The molecule has 0 fully saturated rings. The van der Waals surface area contributed by atoms with Gasteiger partial charge in [-0.05, 0) is 42.7 Å². The lowest BCUT2D eigenvalue weighted by Crippen LogP contribution is -2.01. The predicted octanol–water partition coefficient (Wildman–Crippen LogP) is 4.02. The molecule has 0 unspecified atom stereocenters. The summed E-state index contributed by atoms with van der Waals surface area (Å²) in [7, 11) is 0. The molecule has 0 bridgehead atoms. The van der Waals surface area contributed by atoms with E-state index in [4.69, 9.17) is 4.74 Å². The first-order valence-electron chi connectivity index (χ1n) is 6.78. The zero-order valence-corrected chi connectivity index (χ0v) is 11.8. The highest BCUT2D eigenvalue weighted by Crippen LogP contribution is 2.26. The maximum absolute atomic E-state index is 13.2. The maximum atomic E-state index is 13.2. The Labute approximate surface area is 118 Å². The van der Waals surface area contributed by atoms with Gasteiger partial charge in [-0.2, -0.15) is 0 Å². The molecule has 0 amide bonds. The molecule has 1 N–H and O–H groups in total. The van der Waals surface area contributed by atoms with Crippen LogP contribution in [-0.4, -0.2) is 5.11 Å². The molecule has 2 nitrogen and oxygen atoms in total. The molecule has 0 spiro atoms. The third-order valence-corrected chi connectivity index (χ3v) is 3.25. The zero-order valence-electron chi connectivity index (χ0n) is 11.8. The van der Waals surface area contributed by atoms with Crippen LogP contribution in [0.4, 0.5) is 4.39 Å². The standard InChI is InChI=1S/C17H19FO2/c1-3-13-4-6-14(7-5-13)11-20-17-9-8-15(18)10-16(17)12(2)19/h4-10,12,19H,3,11H2,1-2H3/t12-/m1/s1. The van der Waals surface area contributed by atoms with Gasteiger partial charge in [-0.1, -0.05) is 31.2 Å². The Balaban J connectivity index is 2.10. The van der Waals surface area contributed by atoms with Crippen LogP contribution in [0, 0.1) is 5.82 Å². The van der Waals surface area contributed by atoms with E-state index >= 15 is 0 Å². The highest BCUT2D eigenvalue weighted by atomic mass is 19.1. The lowest BCUT2D eigenvalue weighted by molar-refractivity contribution is 0.189. The van der Waals surface area contributed by atoms with Crippen molar-refractivity contribution in [2.24, 2.45) is 0 Å². The fourth-order valence-electron chi connectivity index (χ4n) is 2.01. The molecule has 0 aliphatic carbocycles. The van der Waals surface area contributed by atoms with E-state index in [2.05, 4.69) is 19.1 Å². The monoisotopic (exact) mass is 274 g/mol. The molecule has 3 heteroatoms. The highest BCUT2D eigenvalue weighted by Gasteiger charge is 2.10. The predicted molar refractivity (Wildman–Crippen MR) is 77.2 cm³/mol. The van der Waals surface area contributed by atoms with Gasteiger partial charge in [-0.15, -0.1) is 0 Å². The normalized spacial score (nSPS) is 12.2. The quantitative estimate of drug-likeness (QED) is 0.892. The van der Waals surface area contributed by atoms with Crippen LogP contribution in [0.2, 0.25) is 0 Å². The van der Waals surface area contributed by atoms with Crippen LogP contribution >= 0.6 is 0 Å². The Morgan fingerprint density at radius 2 is 1.75 bits per heavy atom. The fraction of sp³-hybridized carbons (Fsp3) is 0.294. The van der Waals surface area contributed by atoms with Crippen LogP contribution in [0.3, 0.4) is 0 Å².